The van der Waals surface area contributed by atoms with E-state index in [4.69, 9.17) is 4.74 Å². The summed E-state index contributed by atoms with van der Waals surface area (Å²) in [6.45, 7) is 5.08. The van der Waals surface area contributed by atoms with Crippen LogP contribution in [-0.2, 0) is 0 Å². The number of hydrogen-bond donors (Lipinski definition) is 1. The molecule has 0 radical (unpaired) electrons. The molecule has 2 heteroatoms. The molecular weight excluding hydrogens is 234 g/mol. The second-order valence-corrected chi connectivity index (χ2v) is 4.78. The van der Waals surface area contributed by atoms with E-state index in [1.165, 1.54) is 5.56 Å². The lowest BCUT2D eigenvalue weighted by Gasteiger charge is -2.19. The fourth-order valence-corrected chi connectivity index (χ4v) is 1.98. The van der Waals surface area contributed by atoms with Gasteiger partial charge < -0.3 is 10.1 Å². The minimum atomic E-state index is 0.147. The van der Waals surface area contributed by atoms with Crippen molar-refractivity contribution < 1.29 is 4.74 Å². The molecular formula is C17H21NO. The largest absolute Gasteiger partial charge is 0.489 e. The zero-order valence-corrected chi connectivity index (χ0v) is 11.5. The van der Waals surface area contributed by atoms with E-state index in [2.05, 4.69) is 43.4 Å². The second kappa shape index (κ2) is 6.95. The lowest BCUT2D eigenvalue weighted by molar-refractivity contribution is 0.212. The van der Waals surface area contributed by atoms with Gasteiger partial charge in [-0.1, -0.05) is 48.5 Å². The summed E-state index contributed by atoms with van der Waals surface area (Å²) < 4.78 is 5.84. The smallest absolute Gasteiger partial charge is 0.119 e. The molecule has 19 heavy (non-hydrogen) atoms. The first kappa shape index (κ1) is 13.6. The minimum absolute atomic E-state index is 0.147. The molecule has 2 rings (SSSR count). The quantitative estimate of drug-likeness (QED) is 0.847. The fraction of sp³-hybridized carbons (Fsp3) is 0.294. The molecule has 0 saturated carbocycles. The summed E-state index contributed by atoms with van der Waals surface area (Å²) in [5, 5.41) is 3.49. The molecule has 2 nitrogen and oxygen atoms in total. The summed E-state index contributed by atoms with van der Waals surface area (Å²) >= 11 is 0. The Morgan fingerprint density at radius 1 is 0.895 bits per heavy atom. The molecule has 1 N–H and O–H groups in total. The molecule has 2 aromatic rings. The van der Waals surface area contributed by atoms with Crippen LogP contribution in [0.5, 0.6) is 5.75 Å². The highest BCUT2D eigenvalue weighted by atomic mass is 16.5. The average molecular weight is 255 g/mol. The van der Waals surface area contributed by atoms with E-state index in [0.717, 1.165) is 12.3 Å². The molecule has 0 heterocycles. The van der Waals surface area contributed by atoms with Crippen LogP contribution in [-0.4, -0.2) is 12.6 Å². The second-order valence-electron chi connectivity index (χ2n) is 4.78. The number of nitrogens with one attached hydrogen (secondary N) is 1. The zero-order chi connectivity index (χ0) is 13.5. The number of ether oxygens (including phenoxy) is 1. The first-order valence-electron chi connectivity index (χ1n) is 6.76. The lowest BCUT2D eigenvalue weighted by atomic mass is 10.1. The first-order valence-corrected chi connectivity index (χ1v) is 6.76. The number of para-hydroxylation sites is 1. The molecule has 0 fully saturated rings. The maximum absolute atomic E-state index is 5.84. The van der Waals surface area contributed by atoms with Gasteiger partial charge in [-0.2, -0.15) is 0 Å². The third-order valence-corrected chi connectivity index (χ3v) is 3.09. The lowest BCUT2D eigenvalue weighted by Crippen LogP contribution is -2.30. The molecule has 0 aliphatic rings. The first-order chi connectivity index (χ1) is 9.25. The summed E-state index contributed by atoms with van der Waals surface area (Å²) in [4.78, 5) is 0. The summed E-state index contributed by atoms with van der Waals surface area (Å²) in [5.74, 6) is 0.921. The van der Waals surface area contributed by atoms with E-state index < -0.39 is 0 Å². The van der Waals surface area contributed by atoms with Crippen LogP contribution in [0.25, 0.3) is 0 Å². The summed E-state index contributed by atoms with van der Waals surface area (Å²) in [6.07, 6.45) is 0.147. The Hall–Kier alpha value is -1.80. The van der Waals surface area contributed by atoms with E-state index in [0.29, 0.717) is 6.04 Å². The summed E-state index contributed by atoms with van der Waals surface area (Å²) in [6, 6.07) is 20.7. The number of rotatable bonds is 6. The molecule has 0 aromatic heterocycles. The predicted octanol–water partition coefficient (Wildman–Crippen LogP) is 3.80. The molecule has 100 valence electrons. The van der Waals surface area contributed by atoms with Gasteiger partial charge in [-0.05, 0) is 31.5 Å². The van der Waals surface area contributed by atoms with E-state index in [1.807, 2.05) is 36.4 Å². The van der Waals surface area contributed by atoms with Gasteiger partial charge in [0.05, 0.1) is 0 Å². The van der Waals surface area contributed by atoms with E-state index in [1.54, 1.807) is 0 Å². The highest BCUT2D eigenvalue weighted by Gasteiger charge is 2.08. The molecule has 2 unspecified atom stereocenters. The van der Waals surface area contributed by atoms with Gasteiger partial charge in [-0.3, -0.25) is 0 Å². The van der Waals surface area contributed by atoms with Crippen LogP contribution in [0.15, 0.2) is 60.7 Å². The van der Waals surface area contributed by atoms with Crippen molar-refractivity contribution in [1.82, 2.24) is 5.32 Å². The Bertz CT molecular complexity index is 469. The molecule has 2 atom stereocenters. The van der Waals surface area contributed by atoms with Crippen molar-refractivity contribution in [3.05, 3.63) is 66.2 Å². The Morgan fingerprint density at radius 3 is 2.11 bits per heavy atom. The third-order valence-electron chi connectivity index (χ3n) is 3.09. The normalized spacial score (nSPS) is 13.8. The zero-order valence-electron chi connectivity index (χ0n) is 11.5. The fourth-order valence-electron chi connectivity index (χ4n) is 1.98. The summed E-state index contributed by atoms with van der Waals surface area (Å²) in [5.41, 5.74) is 1.30. The Labute approximate surface area is 115 Å². The van der Waals surface area contributed by atoms with Crippen molar-refractivity contribution in [1.29, 1.82) is 0 Å². The van der Waals surface area contributed by atoms with Crippen LogP contribution in [0.2, 0.25) is 0 Å². The van der Waals surface area contributed by atoms with Gasteiger partial charge in [0, 0.05) is 12.6 Å². The molecule has 0 amide bonds. The average Bonchev–Trinajstić information content (AvgIpc) is 2.47. The third kappa shape index (κ3) is 4.42. The molecule has 0 aliphatic heterocycles. The van der Waals surface area contributed by atoms with Gasteiger partial charge in [0.25, 0.3) is 0 Å². The minimum Gasteiger partial charge on any atom is -0.489 e. The Kier molecular flexibility index (Phi) is 4.99. The van der Waals surface area contributed by atoms with Crippen molar-refractivity contribution in [2.45, 2.75) is 26.0 Å². The standard InChI is InChI=1S/C17H21NO/c1-14(19-17-11-7-4-8-12-17)13-18-15(2)16-9-5-3-6-10-16/h3-12,14-15,18H,13H2,1-2H3. The van der Waals surface area contributed by atoms with Crippen molar-refractivity contribution in [3.8, 4) is 5.75 Å². The van der Waals surface area contributed by atoms with Crippen molar-refractivity contribution in [3.63, 3.8) is 0 Å². The molecule has 0 saturated heterocycles. The van der Waals surface area contributed by atoms with Gasteiger partial charge in [0.1, 0.15) is 11.9 Å². The van der Waals surface area contributed by atoms with Crippen LogP contribution in [0.4, 0.5) is 0 Å². The van der Waals surface area contributed by atoms with Crippen LogP contribution in [0.3, 0.4) is 0 Å². The highest BCUT2D eigenvalue weighted by molar-refractivity contribution is 5.21. The number of hydrogen-bond acceptors (Lipinski definition) is 2. The predicted molar refractivity (Wildman–Crippen MR) is 79.4 cm³/mol. The van der Waals surface area contributed by atoms with Crippen molar-refractivity contribution >= 4 is 0 Å². The van der Waals surface area contributed by atoms with Crippen LogP contribution >= 0.6 is 0 Å². The van der Waals surface area contributed by atoms with Gasteiger partial charge in [0.2, 0.25) is 0 Å². The van der Waals surface area contributed by atoms with Gasteiger partial charge in [-0.15, -0.1) is 0 Å². The van der Waals surface area contributed by atoms with Crippen molar-refractivity contribution in [2.75, 3.05) is 6.54 Å². The number of benzene rings is 2. The molecule has 2 aromatic carbocycles. The van der Waals surface area contributed by atoms with Crippen LogP contribution in [0.1, 0.15) is 25.5 Å². The highest BCUT2D eigenvalue weighted by Crippen LogP contribution is 2.13. The van der Waals surface area contributed by atoms with Crippen molar-refractivity contribution in [2.24, 2.45) is 0 Å². The molecule has 0 bridgehead atoms. The summed E-state index contributed by atoms with van der Waals surface area (Å²) in [7, 11) is 0. The Balaban J connectivity index is 1.79. The van der Waals surface area contributed by atoms with Crippen LogP contribution in [0, 0.1) is 0 Å². The monoisotopic (exact) mass is 255 g/mol. The van der Waals surface area contributed by atoms with Gasteiger partial charge in [0.15, 0.2) is 0 Å². The van der Waals surface area contributed by atoms with Gasteiger partial charge in [-0.25, -0.2) is 0 Å². The maximum Gasteiger partial charge on any atom is 0.119 e. The van der Waals surface area contributed by atoms with E-state index >= 15 is 0 Å². The SMILES string of the molecule is CC(CNC(C)c1ccccc1)Oc1ccccc1. The van der Waals surface area contributed by atoms with E-state index in [9.17, 15) is 0 Å². The van der Waals surface area contributed by atoms with E-state index in [-0.39, 0.29) is 6.10 Å². The Morgan fingerprint density at radius 2 is 1.47 bits per heavy atom. The van der Waals surface area contributed by atoms with Crippen LogP contribution < -0.4 is 10.1 Å². The van der Waals surface area contributed by atoms with Gasteiger partial charge >= 0.3 is 0 Å². The molecule has 0 spiro atoms. The molecule has 0 aliphatic carbocycles. The maximum atomic E-state index is 5.84. The topological polar surface area (TPSA) is 21.3 Å².